The van der Waals surface area contributed by atoms with Gasteiger partial charge >= 0.3 is 0 Å². The summed E-state index contributed by atoms with van der Waals surface area (Å²) in [6, 6.07) is 4.53. The molecular formula is C29H42O3. The second-order valence-electron chi connectivity index (χ2n) is 10.5. The van der Waals surface area contributed by atoms with Crippen molar-refractivity contribution in [1.82, 2.24) is 0 Å². The van der Waals surface area contributed by atoms with E-state index in [-0.39, 0.29) is 29.8 Å². The highest BCUT2D eigenvalue weighted by atomic mass is 16.1. The Morgan fingerprint density at radius 1 is 1.06 bits per heavy atom. The van der Waals surface area contributed by atoms with Crippen LogP contribution in [0.1, 0.15) is 124 Å². The minimum Gasteiger partial charge on any atom is -0.300 e. The lowest BCUT2D eigenvalue weighted by Crippen LogP contribution is -2.30. The second-order valence-corrected chi connectivity index (χ2v) is 10.5. The Hall–Kier alpha value is -1.77. The van der Waals surface area contributed by atoms with E-state index in [4.69, 9.17) is 0 Å². The van der Waals surface area contributed by atoms with Crippen LogP contribution in [0, 0.1) is 24.7 Å². The van der Waals surface area contributed by atoms with Gasteiger partial charge < -0.3 is 0 Å². The fourth-order valence-corrected chi connectivity index (χ4v) is 6.59. The largest absolute Gasteiger partial charge is 0.300 e. The van der Waals surface area contributed by atoms with Crippen molar-refractivity contribution in [2.45, 2.75) is 111 Å². The number of fused-ring (bicyclic) bond motifs is 1. The summed E-state index contributed by atoms with van der Waals surface area (Å²) in [6.07, 6.45) is 11.7. The minimum absolute atomic E-state index is 0.0466. The summed E-state index contributed by atoms with van der Waals surface area (Å²) < 4.78 is 0. The van der Waals surface area contributed by atoms with Crippen molar-refractivity contribution in [1.29, 1.82) is 0 Å². The van der Waals surface area contributed by atoms with Gasteiger partial charge in [-0.05, 0) is 80.4 Å². The monoisotopic (exact) mass is 438 g/mol. The fraction of sp³-hybridized carbons (Fsp3) is 0.690. The normalized spacial score (nSPS) is 21.1. The number of carbonyl (C=O) groups is 3. The van der Waals surface area contributed by atoms with Gasteiger partial charge in [0, 0.05) is 17.9 Å². The summed E-state index contributed by atoms with van der Waals surface area (Å²) in [5.74, 6) is 1.45. The predicted molar refractivity (Wildman–Crippen MR) is 130 cm³/mol. The maximum absolute atomic E-state index is 13.3. The molecule has 0 radical (unpaired) electrons. The number of hydrogen-bond acceptors (Lipinski definition) is 3. The van der Waals surface area contributed by atoms with Crippen molar-refractivity contribution >= 4 is 17.3 Å². The first-order valence-corrected chi connectivity index (χ1v) is 13.0. The first-order chi connectivity index (χ1) is 15.3. The van der Waals surface area contributed by atoms with E-state index in [0.717, 1.165) is 37.7 Å². The zero-order chi connectivity index (χ0) is 23.3. The van der Waals surface area contributed by atoms with E-state index in [0.29, 0.717) is 24.0 Å². The Morgan fingerprint density at radius 2 is 1.78 bits per heavy atom. The Kier molecular flexibility index (Phi) is 8.85. The Bertz CT molecular complexity index is 831. The molecule has 3 unspecified atom stereocenters. The number of Topliss-reactive ketones (excluding diaryl/α,β-unsaturated/α-hetero) is 3. The van der Waals surface area contributed by atoms with Crippen LogP contribution in [-0.4, -0.2) is 17.3 Å². The van der Waals surface area contributed by atoms with E-state index in [9.17, 15) is 14.4 Å². The van der Waals surface area contributed by atoms with E-state index in [1.54, 1.807) is 0 Å². The van der Waals surface area contributed by atoms with Gasteiger partial charge in [-0.25, -0.2) is 0 Å². The first-order valence-electron chi connectivity index (χ1n) is 13.0. The Balaban J connectivity index is 1.77. The summed E-state index contributed by atoms with van der Waals surface area (Å²) >= 11 is 0. The molecule has 1 aromatic rings. The van der Waals surface area contributed by atoms with Gasteiger partial charge in [0.15, 0.2) is 5.78 Å². The van der Waals surface area contributed by atoms with E-state index in [1.807, 2.05) is 0 Å². The van der Waals surface area contributed by atoms with Crippen LogP contribution in [0.3, 0.4) is 0 Å². The summed E-state index contributed by atoms with van der Waals surface area (Å²) in [7, 11) is 0. The number of benzene rings is 1. The maximum atomic E-state index is 13.3. The van der Waals surface area contributed by atoms with Gasteiger partial charge in [0.25, 0.3) is 0 Å². The smallest absolute Gasteiger partial charge is 0.163 e. The topological polar surface area (TPSA) is 51.2 Å². The zero-order valence-electron chi connectivity index (χ0n) is 20.7. The molecule has 0 saturated heterocycles. The molecule has 1 fully saturated rings. The van der Waals surface area contributed by atoms with E-state index in [1.165, 1.54) is 55.7 Å². The number of hydrogen-bond donors (Lipinski definition) is 0. The van der Waals surface area contributed by atoms with Crippen LogP contribution in [0.15, 0.2) is 12.1 Å². The van der Waals surface area contributed by atoms with Crippen molar-refractivity contribution in [3.63, 3.8) is 0 Å². The molecule has 1 saturated carbocycles. The number of rotatable bonds is 10. The fourth-order valence-electron chi connectivity index (χ4n) is 6.59. The molecule has 0 spiro atoms. The lowest BCUT2D eigenvalue weighted by Gasteiger charge is -2.33. The van der Waals surface area contributed by atoms with Gasteiger partial charge in [-0.3, -0.25) is 14.4 Å². The van der Waals surface area contributed by atoms with Crippen molar-refractivity contribution < 1.29 is 14.4 Å². The van der Waals surface area contributed by atoms with Crippen LogP contribution in [0.5, 0.6) is 0 Å². The highest BCUT2D eigenvalue weighted by molar-refractivity contribution is 6.00. The third kappa shape index (κ3) is 5.77. The van der Waals surface area contributed by atoms with E-state index < -0.39 is 0 Å². The molecule has 1 aromatic carbocycles. The molecule has 0 N–H and O–H groups in total. The summed E-state index contributed by atoms with van der Waals surface area (Å²) in [6.45, 7) is 7.88. The van der Waals surface area contributed by atoms with Crippen molar-refractivity contribution in [2.24, 2.45) is 17.8 Å². The highest BCUT2D eigenvalue weighted by Gasteiger charge is 2.33. The lowest BCUT2D eigenvalue weighted by molar-refractivity contribution is -0.129. The average molecular weight is 439 g/mol. The average Bonchev–Trinajstić information content (AvgIpc) is 2.74. The van der Waals surface area contributed by atoms with Gasteiger partial charge in [0.1, 0.15) is 11.6 Å². The van der Waals surface area contributed by atoms with Crippen molar-refractivity contribution in [3.8, 4) is 0 Å². The van der Waals surface area contributed by atoms with Crippen LogP contribution in [0.25, 0.3) is 0 Å². The minimum atomic E-state index is -0.0641. The van der Waals surface area contributed by atoms with Crippen LogP contribution < -0.4 is 0 Å². The number of carbonyl (C=O) groups excluding carboxylic acids is 3. The summed E-state index contributed by atoms with van der Waals surface area (Å²) in [5.41, 5.74) is 4.84. The molecule has 0 amide bonds. The highest BCUT2D eigenvalue weighted by Crippen LogP contribution is 2.40. The molecule has 0 bridgehead atoms. The molecule has 32 heavy (non-hydrogen) atoms. The van der Waals surface area contributed by atoms with E-state index in [2.05, 4.69) is 32.9 Å². The summed E-state index contributed by atoms with van der Waals surface area (Å²) in [4.78, 5) is 37.6. The van der Waals surface area contributed by atoms with Crippen LogP contribution in [0.2, 0.25) is 0 Å². The molecule has 176 valence electrons. The maximum Gasteiger partial charge on any atom is 0.163 e. The quantitative estimate of drug-likeness (QED) is 0.364. The van der Waals surface area contributed by atoms with Crippen molar-refractivity contribution in [2.75, 3.05) is 0 Å². The van der Waals surface area contributed by atoms with Gasteiger partial charge in [0.2, 0.25) is 0 Å². The molecular weight excluding hydrogens is 396 g/mol. The van der Waals surface area contributed by atoms with Crippen molar-refractivity contribution in [3.05, 3.63) is 34.4 Å². The molecule has 0 aliphatic heterocycles. The molecule has 0 heterocycles. The predicted octanol–water partition coefficient (Wildman–Crippen LogP) is 7.17. The Morgan fingerprint density at radius 3 is 2.41 bits per heavy atom. The molecule has 3 atom stereocenters. The first kappa shape index (κ1) is 24.9. The van der Waals surface area contributed by atoms with E-state index >= 15 is 0 Å². The second kappa shape index (κ2) is 11.4. The van der Waals surface area contributed by atoms with Crippen LogP contribution >= 0.6 is 0 Å². The Labute approximate surface area is 194 Å². The van der Waals surface area contributed by atoms with Crippen LogP contribution in [-0.2, 0) is 16.0 Å². The SMILES string of the molecule is CCCC(CC1CC(=O)c2c(ccc(C3CCCCC3)c2C)C1)C(CC)C(=O)CC(C)=O. The molecule has 3 rings (SSSR count). The van der Waals surface area contributed by atoms with Gasteiger partial charge in [-0.15, -0.1) is 0 Å². The standard InChI is InChI=1S/C29H42O3/c1-5-10-23(25(6-2)27(31)15-19(3)30)16-21-17-24-13-14-26(22-11-8-7-9-12-22)20(4)29(24)28(32)18-21/h13-14,21-23,25H,5-12,15-18H2,1-4H3. The van der Waals surface area contributed by atoms with Gasteiger partial charge in [-0.2, -0.15) is 0 Å². The molecule has 3 heteroatoms. The third-order valence-corrected chi connectivity index (χ3v) is 8.04. The third-order valence-electron chi connectivity index (χ3n) is 8.04. The summed E-state index contributed by atoms with van der Waals surface area (Å²) in [5, 5.41) is 0. The van der Waals surface area contributed by atoms with Gasteiger partial charge in [-0.1, -0.05) is 58.1 Å². The molecule has 2 aliphatic rings. The molecule has 0 aromatic heterocycles. The lowest BCUT2D eigenvalue weighted by atomic mass is 9.71. The van der Waals surface area contributed by atoms with Crippen LogP contribution in [0.4, 0.5) is 0 Å². The number of ketones is 3. The van der Waals surface area contributed by atoms with Gasteiger partial charge in [0.05, 0.1) is 6.42 Å². The molecule has 3 nitrogen and oxygen atoms in total. The zero-order valence-corrected chi connectivity index (χ0v) is 20.7. The molecule has 2 aliphatic carbocycles.